The van der Waals surface area contributed by atoms with Crippen LogP contribution < -0.4 is 40.2 Å². The molecule has 2 unspecified atom stereocenters. The zero-order valence-electron chi connectivity index (χ0n) is 65.2. The van der Waals surface area contributed by atoms with Gasteiger partial charge in [-0.2, -0.15) is 0 Å². The zero-order chi connectivity index (χ0) is 83.4. The Morgan fingerprint density at radius 1 is 0.521 bits per heavy atom. The number of para-hydroxylation sites is 2. The van der Waals surface area contributed by atoms with E-state index >= 15 is 0 Å². The van der Waals surface area contributed by atoms with Crippen molar-refractivity contribution in [3.8, 4) is 45.8 Å². The third-order valence-electron chi connectivity index (χ3n) is 19.0. The van der Waals surface area contributed by atoms with E-state index < -0.39 is 93.7 Å². The summed E-state index contributed by atoms with van der Waals surface area (Å²) in [5, 5.41) is 36.4. The molecule has 3 amide bonds. The highest BCUT2D eigenvalue weighted by atomic mass is 31.2. The second-order valence-corrected chi connectivity index (χ2v) is 31.8. The number of hydrogen-bond donors (Lipinski definition) is 7. The number of nitrogens with zero attached hydrogens (tertiary/aromatic N) is 4. The van der Waals surface area contributed by atoms with Gasteiger partial charge in [0, 0.05) is 49.1 Å². The lowest BCUT2D eigenvalue weighted by molar-refractivity contribution is -0.151. The van der Waals surface area contributed by atoms with Crippen LogP contribution in [0.15, 0.2) is 192 Å². The standard InChI is InChI=1S/C42H47N4O11P.C29H29N3O7.C13H20NO5P/c1-3-54-42(51)28(2)56-58(52,57-34-12-8-5-9-13-34)23-21-43-38(47)27-55-33-17-14-29(15-18-33)24-36(41(49)50)45-40(48)30-16-19-37-35(25-30)44-39(31-20-22-53-26-31)46(37)32-10-6-4-7-11-32;33-26(34)17-39-22-9-6-18(7-10-22)14-24(29(36)37)31-28(35)19-8-11-25-23(15-19)30-27(20-12-13-38-16-20)32(25)21-4-2-1-3-5-21;1-3-17-13(15)11(2)18-20(16,10-9-14)19-12-7-5-4-6-8-12/h5,8-9,12-20,22,25-26,28,32,36H,3-4,6-7,10-11,21,23-24,27H2,1-2H3,(H,43,47)(H,45,48)(H,49,50);6-13,15-16,21,24H,1-5,14,17H2,(H,31,35)(H,33,34)(H,36,37);4-8,11H,3,9-10,14H2,1-2H3/t28-,36+,58?;24-;11-,20?/m101/s1. The lowest BCUT2D eigenvalue weighted by atomic mass is 9.95. The van der Waals surface area contributed by atoms with Crippen LogP contribution >= 0.6 is 15.2 Å². The minimum atomic E-state index is -3.92. The van der Waals surface area contributed by atoms with Crippen LogP contribution in [0.5, 0.6) is 23.0 Å². The third kappa shape index (κ3) is 25.3. The summed E-state index contributed by atoms with van der Waals surface area (Å²) in [4.78, 5) is 107. The first-order valence-corrected chi connectivity index (χ1v) is 42.0. The molecule has 2 saturated carbocycles. The molecule has 8 N–H and O–H groups in total. The van der Waals surface area contributed by atoms with Crippen molar-refractivity contribution in [3.63, 3.8) is 0 Å². The molecule has 33 heteroatoms. The van der Waals surface area contributed by atoms with Gasteiger partial charge < -0.3 is 83.0 Å². The number of nitrogens with one attached hydrogen (secondary N) is 3. The van der Waals surface area contributed by atoms with Gasteiger partial charge in [0.15, 0.2) is 25.4 Å². The SMILES string of the molecule is CCOC(=O)[C@@H](C)OP(=O)(CCN)Oc1ccccc1.CCOC(=O)[C@@H](C)OP(=O)(CCNC(=O)COc1ccc(C[C@H](NC(=O)c2ccc3c(c2)nc(-c2ccoc2)n3C2CCCCC2)C(=O)O)cc1)Oc1ccccc1.O=C(O)COc1ccc(C[C@H](NC(=O)c2ccc3c(c2)nc(-c2ccoc2)n3C2CCCCC2)C(=O)O)cc1. The first-order chi connectivity index (χ1) is 56.4. The van der Waals surface area contributed by atoms with E-state index in [1.807, 2.05) is 30.3 Å². The number of esters is 2. The van der Waals surface area contributed by atoms with E-state index in [1.165, 1.54) is 26.7 Å². The molecule has 0 radical (unpaired) electrons. The quantitative estimate of drug-likeness (QED) is 0.0140. The first kappa shape index (κ1) is 87.5. The highest BCUT2D eigenvalue weighted by molar-refractivity contribution is 7.54. The van der Waals surface area contributed by atoms with Crippen LogP contribution in [-0.4, -0.2) is 158 Å². The fourth-order valence-electron chi connectivity index (χ4n) is 13.3. The van der Waals surface area contributed by atoms with Gasteiger partial charge in [0.05, 0.1) is 71.3 Å². The number of carboxylic acid groups (broad SMARTS) is 3. The van der Waals surface area contributed by atoms with Gasteiger partial charge in [0.2, 0.25) is 0 Å². The number of nitrogens with two attached hydrogens (primary N) is 1. The van der Waals surface area contributed by atoms with Crippen LogP contribution in [0.2, 0.25) is 0 Å². The van der Waals surface area contributed by atoms with Crippen LogP contribution in [0.25, 0.3) is 44.8 Å². The van der Waals surface area contributed by atoms with Gasteiger partial charge in [-0.25, -0.2) is 43.1 Å². The van der Waals surface area contributed by atoms with Gasteiger partial charge in [0.1, 0.15) is 59.3 Å². The predicted molar refractivity (Wildman–Crippen MR) is 431 cm³/mol. The molecular weight excluding hydrogens is 1550 g/mol. The number of aromatic nitrogens is 4. The first-order valence-electron chi connectivity index (χ1n) is 38.6. The van der Waals surface area contributed by atoms with E-state index in [-0.39, 0.29) is 75.4 Å². The summed E-state index contributed by atoms with van der Waals surface area (Å²) in [7, 11) is -7.42. The van der Waals surface area contributed by atoms with Crippen LogP contribution in [0.4, 0.5) is 0 Å². The number of amides is 3. The Morgan fingerprint density at radius 3 is 1.31 bits per heavy atom. The topological polar surface area (TPSA) is 429 Å². The van der Waals surface area contributed by atoms with Gasteiger partial charge in [-0.3, -0.25) is 23.4 Å². The summed E-state index contributed by atoms with van der Waals surface area (Å²) in [6.45, 7) is 5.73. The number of rotatable bonds is 37. The fraction of sp³-hybridized carbons (Fsp3) is 0.357. The second kappa shape index (κ2) is 42.7. The number of benzene rings is 6. The number of aliphatic carboxylic acids is 3. The van der Waals surface area contributed by atoms with E-state index in [2.05, 4.69) is 25.1 Å². The maximum Gasteiger partial charge on any atom is 0.381 e. The van der Waals surface area contributed by atoms with Crippen molar-refractivity contribution in [1.29, 1.82) is 0 Å². The monoisotopic (exact) mass is 1650 g/mol. The fourth-order valence-corrected chi connectivity index (χ4v) is 16.5. The molecule has 0 spiro atoms. The average molecular weight is 1650 g/mol. The molecule has 4 heterocycles. The smallest absolute Gasteiger partial charge is 0.381 e. The molecule has 2 fully saturated rings. The number of carbonyl (C=O) groups excluding carboxylic acids is 5. The molecule has 6 aromatic carbocycles. The van der Waals surface area contributed by atoms with Crippen molar-refractivity contribution in [3.05, 3.63) is 205 Å². The van der Waals surface area contributed by atoms with Crippen LogP contribution in [0.3, 0.4) is 0 Å². The summed E-state index contributed by atoms with van der Waals surface area (Å²) in [5.74, 6) is -3.37. The molecule has 0 saturated heterocycles. The summed E-state index contributed by atoms with van der Waals surface area (Å²) >= 11 is 0. The second-order valence-electron chi connectivity index (χ2n) is 27.6. The van der Waals surface area contributed by atoms with E-state index in [9.17, 15) is 57.7 Å². The van der Waals surface area contributed by atoms with Gasteiger partial charge in [0.25, 0.3) is 17.7 Å². The van der Waals surface area contributed by atoms with Gasteiger partial charge >= 0.3 is 45.0 Å². The Kier molecular flexibility index (Phi) is 31.9. The molecule has 2 aliphatic carbocycles. The third-order valence-corrected chi connectivity index (χ3v) is 22.8. The number of carbonyl (C=O) groups is 8. The van der Waals surface area contributed by atoms with Gasteiger partial charge in [-0.05, 0) is 162 Å². The molecule has 0 aliphatic heterocycles. The number of ether oxygens (including phenoxy) is 4. The molecule has 0 bridgehead atoms. The van der Waals surface area contributed by atoms with Crippen LogP contribution in [0, 0.1) is 0 Å². The molecule has 117 heavy (non-hydrogen) atoms. The minimum absolute atomic E-state index is 0.00695. The molecule has 620 valence electrons. The van der Waals surface area contributed by atoms with E-state index in [4.69, 9.17) is 66.7 Å². The van der Waals surface area contributed by atoms with Crippen molar-refractivity contribution in [2.45, 2.75) is 141 Å². The maximum absolute atomic E-state index is 13.6. The van der Waals surface area contributed by atoms with E-state index in [0.29, 0.717) is 51.0 Å². The van der Waals surface area contributed by atoms with E-state index in [0.717, 1.165) is 85.2 Å². The van der Waals surface area contributed by atoms with Gasteiger partial charge in [-0.15, -0.1) is 0 Å². The predicted octanol–water partition coefficient (Wildman–Crippen LogP) is 13.8. The summed E-state index contributed by atoms with van der Waals surface area (Å²) in [6.07, 6.45) is 15.4. The van der Waals surface area contributed by atoms with E-state index in [1.54, 1.807) is 166 Å². The largest absolute Gasteiger partial charge is 0.484 e. The lowest BCUT2D eigenvalue weighted by Gasteiger charge is -2.25. The summed E-state index contributed by atoms with van der Waals surface area (Å²) in [5.41, 5.74) is 12.1. The number of furan rings is 2. The van der Waals surface area contributed by atoms with Crippen molar-refractivity contribution in [1.82, 2.24) is 35.1 Å². The number of fused-ring (bicyclic) bond motifs is 2. The number of imidazole rings is 2. The Balaban J connectivity index is 0.000000209. The minimum Gasteiger partial charge on any atom is -0.484 e. The maximum atomic E-state index is 13.6. The molecular formula is C84H96N8O23P2. The van der Waals surface area contributed by atoms with Crippen molar-refractivity contribution >= 4 is 84.8 Å². The lowest BCUT2D eigenvalue weighted by Crippen LogP contribution is -2.42. The average Bonchev–Trinajstić information content (AvgIpc) is 1.62. The van der Waals surface area contributed by atoms with Gasteiger partial charge in [-0.1, -0.05) is 99.2 Å². The molecule has 4 aromatic heterocycles. The molecule has 10 aromatic rings. The Labute approximate surface area is 674 Å². The Hall–Kier alpha value is -11.9. The molecule has 12 rings (SSSR count). The van der Waals surface area contributed by atoms with Crippen LogP contribution in [0.1, 0.15) is 136 Å². The summed E-state index contributed by atoms with van der Waals surface area (Å²) < 4.78 is 83.6. The van der Waals surface area contributed by atoms with Crippen molar-refractivity contribution < 1.29 is 109 Å². The molecule has 6 atom stereocenters. The van der Waals surface area contributed by atoms with Crippen molar-refractivity contribution in [2.24, 2.45) is 5.73 Å². The Morgan fingerprint density at radius 2 is 0.932 bits per heavy atom. The number of hydrogen-bond acceptors (Lipinski definition) is 23. The van der Waals surface area contributed by atoms with Crippen LogP contribution in [-0.2, 0) is 69.3 Å². The normalized spacial score (nSPS) is 15.0. The Bertz CT molecular complexity index is 5050. The summed E-state index contributed by atoms with van der Waals surface area (Å²) in [6, 6.07) is 42.3. The zero-order valence-corrected chi connectivity index (χ0v) is 67.0. The highest BCUT2D eigenvalue weighted by Gasteiger charge is 2.35. The number of carboxylic acids is 3. The molecule has 31 nitrogen and oxygen atoms in total. The highest BCUT2D eigenvalue weighted by Crippen LogP contribution is 2.50. The molecule has 2 aliphatic rings. The van der Waals surface area contributed by atoms with Crippen molar-refractivity contribution in [2.75, 3.05) is 51.8 Å².